The zero-order chi connectivity index (χ0) is 17.2. The Hall–Kier alpha value is -2.25. The average Bonchev–Trinajstić information content (AvgIpc) is 2.38. The van der Waals surface area contributed by atoms with E-state index in [1.807, 2.05) is 5.09 Å². The summed E-state index contributed by atoms with van der Waals surface area (Å²) in [6.45, 7) is 0. The second-order valence-electron chi connectivity index (χ2n) is 4.97. The third-order valence-corrected chi connectivity index (χ3v) is 3.64. The minimum absolute atomic E-state index is 0.0223. The van der Waals surface area contributed by atoms with Crippen LogP contribution in [0.2, 0.25) is 0 Å². The van der Waals surface area contributed by atoms with Gasteiger partial charge in [0.15, 0.2) is 0 Å². The molecular weight excluding hydrogens is 325 g/mol. The first-order chi connectivity index (χ1) is 10.7. The molecule has 0 saturated heterocycles. The molecular formula is C14H16NO7P. The van der Waals surface area contributed by atoms with Crippen LogP contribution < -0.4 is 5.09 Å². The third kappa shape index (κ3) is 4.61. The van der Waals surface area contributed by atoms with Gasteiger partial charge in [-0.3, -0.25) is 5.09 Å². The summed E-state index contributed by atoms with van der Waals surface area (Å²) >= 11 is 0. The zero-order valence-electron chi connectivity index (χ0n) is 11.8. The summed E-state index contributed by atoms with van der Waals surface area (Å²) < 4.78 is 11.1. The highest BCUT2D eigenvalue weighted by molar-refractivity contribution is 7.53. The standard InChI is InChI=1S/C14H16NO7P/c16-9-3-1-8(2-4-9)5-12(18)14-11(15-23(20,21)22)6-10(17)7-13(14)19/h1-4,6-7,12,16-19H,5H2,(H3,15,20,21,22). The number of benzene rings is 2. The highest BCUT2D eigenvalue weighted by Crippen LogP contribution is 2.43. The molecule has 2 aromatic carbocycles. The van der Waals surface area contributed by atoms with Crippen molar-refractivity contribution in [2.24, 2.45) is 0 Å². The number of hydrogen-bond acceptors (Lipinski definition) is 5. The van der Waals surface area contributed by atoms with Crippen LogP contribution in [0.1, 0.15) is 17.2 Å². The molecule has 9 heteroatoms. The van der Waals surface area contributed by atoms with Crippen LogP contribution in [0.5, 0.6) is 17.2 Å². The maximum absolute atomic E-state index is 11.1. The van der Waals surface area contributed by atoms with Gasteiger partial charge in [-0.1, -0.05) is 12.1 Å². The summed E-state index contributed by atoms with van der Waals surface area (Å²) in [5.41, 5.74) is 0.200. The van der Waals surface area contributed by atoms with Crippen molar-refractivity contribution in [1.82, 2.24) is 0 Å². The quantitative estimate of drug-likeness (QED) is 0.405. The van der Waals surface area contributed by atoms with Crippen LogP contribution in [0, 0.1) is 0 Å². The number of hydrogen-bond donors (Lipinski definition) is 7. The Kier molecular flexibility index (Phi) is 4.82. The highest BCUT2D eigenvalue weighted by atomic mass is 31.2. The van der Waals surface area contributed by atoms with Gasteiger partial charge in [0.25, 0.3) is 0 Å². The predicted molar refractivity (Wildman–Crippen MR) is 82.2 cm³/mol. The number of phenols is 3. The summed E-state index contributed by atoms with van der Waals surface area (Å²) in [7, 11) is -4.70. The van der Waals surface area contributed by atoms with Crippen molar-refractivity contribution in [1.29, 1.82) is 0 Å². The first-order valence-corrected chi connectivity index (χ1v) is 8.12. The molecule has 1 unspecified atom stereocenters. The number of aliphatic hydroxyl groups excluding tert-OH is 1. The van der Waals surface area contributed by atoms with Crippen LogP contribution in [-0.2, 0) is 11.0 Å². The smallest absolute Gasteiger partial charge is 0.427 e. The highest BCUT2D eigenvalue weighted by Gasteiger charge is 2.23. The molecule has 124 valence electrons. The average molecular weight is 341 g/mol. The van der Waals surface area contributed by atoms with Crippen molar-refractivity contribution in [3.63, 3.8) is 0 Å². The lowest BCUT2D eigenvalue weighted by atomic mass is 9.99. The number of aliphatic hydroxyl groups is 1. The Balaban J connectivity index is 2.36. The van der Waals surface area contributed by atoms with E-state index in [1.54, 1.807) is 12.1 Å². The minimum atomic E-state index is -4.70. The first-order valence-electron chi connectivity index (χ1n) is 6.51. The van der Waals surface area contributed by atoms with E-state index in [-0.39, 0.29) is 23.4 Å². The molecule has 0 spiro atoms. The molecule has 2 aromatic rings. The van der Waals surface area contributed by atoms with Gasteiger partial charge in [-0.25, -0.2) is 4.57 Å². The number of phenolic OH excluding ortho intramolecular Hbond substituents is 3. The fraction of sp³-hybridized carbons (Fsp3) is 0.143. The molecule has 0 radical (unpaired) electrons. The van der Waals surface area contributed by atoms with Crippen molar-refractivity contribution in [2.75, 3.05) is 5.09 Å². The molecule has 0 fully saturated rings. The van der Waals surface area contributed by atoms with Gasteiger partial charge in [-0.2, -0.15) is 0 Å². The normalized spacial score (nSPS) is 12.8. The molecule has 0 aliphatic rings. The maximum Gasteiger partial charge on any atom is 0.427 e. The van der Waals surface area contributed by atoms with E-state index < -0.39 is 25.3 Å². The molecule has 7 N–H and O–H groups in total. The third-order valence-electron chi connectivity index (χ3n) is 3.11. The van der Waals surface area contributed by atoms with E-state index >= 15 is 0 Å². The second kappa shape index (κ2) is 6.47. The Morgan fingerprint density at radius 1 is 1.00 bits per heavy atom. The summed E-state index contributed by atoms with van der Waals surface area (Å²) in [6, 6.07) is 7.92. The predicted octanol–water partition coefficient (Wildman–Crippen LogP) is 1.58. The molecule has 23 heavy (non-hydrogen) atoms. The number of aromatic hydroxyl groups is 3. The van der Waals surface area contributed by atoms with Gasteiger partial charge < -0.3 is 30.2 Å². The fourth-order valence-electron chi connectivity index (χ4n) is 2.18. The van der Waals surface area contributed by atoms with E-state index in [4.69, 9.17) is 9.79 Å². The van der Waals surface area contributed by atoms with Gasteiger partial charge in [-0.05, 0) is 17.7 Å². The fourth-order valence-corrected chi connectivity index (χ4v) is 2.68. The number of nitrogens with one attached hydrogen (secondary N) is 1. The second-order valence-corrected chi connectivity index (χ2v) is 6.28. The Labute approximate surface area is 131 Å². The Morgan fingerprint density at radius 2 is 1.61 bits per heavy atom. The monoisotopic (exact) mass is 341 g/mol. The van der Waals surface area contributed by atoms with Crippen molar-refractivity contribution in [3.8, 4) is 17.2 Å². The van der Waals surface area contributed by atoms with E-state index in [0.717, 1.165) is 12.1 Å². The molecule has 0 aromatic heterocycles. The SMILES string of the molecule is O=P(O)(O)Nc1cc(O)cc(O)c1C(O)Cc1ccc(O)cc1. The molecule has 0 saturated carbocycles. The van der Waals surface area contributed by atoms with Gasteiger partial charge in [0.1, 0.15) is 17.2 Å². The van der Waals surface area contributed by atoms with Crippen molar-refractivity contribution >= 4 is 13.4 Å². The van der Waals surface area contributed by atoms with Crippen LogP contribution in [0.25, 0.3) is 0 Å². The van der Waals surface area contributed by atoms with Gasteiger partial charge in [0, 0.05) is 24.1 Å². The number of rotatable bonds is 5. The topological polar surface area (TPSA) is 150 Å². The zero-order valence-corrected chi connectivity index (χ0v) is 12.7. The van der Waals surface area contributed by atoms with E-state index in [1.165, 1.54) is 12.1 Å². The lowest BCUT2D eigenvalue weighted by Gasteiger charge is -2.19. The van der Waals surface area contributed by atoms with Gasteiger partial charge >= 0.3 is 7.75 Å². The Morgan fingerprint density at radius 3 is 2.17 bits per heavy atom. The van der Waals surface area contributed by atoms with Gasteiger partial charge in [0.2, 0.25) is 0 Å². The molecule has 0 heterocycles. The molecule has 0 amide bonds. The minimum Gasteiger partial charge on any atom is -0.508 e. The summed E-state index contributed by atoms with van der Waals surface area (Å²) in [4.78, 5) is 18.0. The maximum atomic E-state index is 11.1. The summed E-state index contributed by atoms with van der Waals surface area (Å²) in [6.07, 6.45) is -1.27. The van der Waals surface area contributed by atoms with Crippen LogP contribution in [0.3, 0.4) is 0 Å². The van der Waals surface area contributed by atoms with Crippen LogP contribution in [0.4, 0.5) is 5.69 Å². The summed E-state index contributed by atoms with van der Waals surface area (Å²) in [5, 5.41) is 40.7. The molecule has 0 bridgehead atoms. The molecule has 0 aliphatic heterocycles. The van der Waals surface area contributed by atoms with Crippen molar-refractivity contribution in [3.05, 3.63) is 47.5 Å². The van der Waals surface area contributed by atoms with Crippen LogP contribution in [0.15, 0.2) is 36.4 Å². The van der Waals surface area contributed by atoms with Crippen LogP contribution >= 0.6 is 7.75 Å². The van der Waals surface area contributed by atoms with E-state index in [2.05, 4.69) is 0 Å². The summed E-state index contributed by atoms with van der Waals surface area (Å²) in [5.74, 6) is -0.870. The molecule has 8 nitrogen and oxygen atoms in total. The first kappa shape index (κ1) is 17.1. The molecule has 0 aliphatic carbocycles. The largest absolute Gasteiger partial charge is 0.508 e. The lowest BCUT2D eigenvalue weighted by molar-refractivity contribution is 0.175. The van der Waals surface area contributed by atoms with Gasteiger partial charge in [-0.15, -0.1) is 0 Å². The van der Waals surface area contributed by atoms with Gasteiger partial charge in [0.05, 0.1) is 11.8 Å². The van der Waals surface area contributed by atoms with E-state index in [9.17, 15) is 25.0 Å². The number of anilines is 1. The van der Waals surface area contributed by atoms with E-state index in [0.29, 0.717) is 5.56 Å². The van der Waals surface area contributed by atoms with Crippen molar-refractivity contribution in [2.45, 2.75) is 12.5 Å². The van der Waals surface area contributed by atoms with Crippen LogP contribution in [-0.4, -0.2) is 30.2 Å². The van der Waals surface area contributed by atoms with Crippen molar-refractivity contribution < 1.29 is 34.8 Å². The molecule has 1 atom stereocenters. The lowest BCUT2D eigenvalue weighted by Crippen LogP contribution is -2.07. The Bertz CT molecular complexity index is 742. The molecule has 2 rings (SSSR count).